The highest BCUT2D eigenvalue weighted by Crippen LogP contribution is 2.20. The summed E-state index contributed by atoms with van der Waals surface area (Å²) in [6.07, 6.45) is 0.805. The topological polar surface area (TPSA) is 67.8 Å². The molecule has 0 aromatic heterocycles. The maximum Gasteiger partial charge on any atom is 0.347 e. The predicted molar refractivity (Wildman–Crippen MR) is 97.0 cm³/mol. The van der Waals surface area contributed by atoms with Crippen LogP contribution in [-0.2, 0) is 11.3 Å². The summed E-state index contributed by atoms with van der Waals surface area (Å²) in [6.45, 7) is 4.96. The molecule has 2 rings (SSSR count). The van der Waals surface area contributed by atoms with Crippen LogP contribution in [0.15, 0.2) is 48.5 Å². The Labute approximate surface area is 152 Å². The molecule has 0 saturated carbocycles. The molecule has 0 saturated heterocycles. The lowest BCUT2D eigenvalue weighted by Crippen LogP contribution is -2.37. The monoisotopic (exact) mass is 361 g/mol. The Kier molecular flexibility index (Phi) is 6.97. The van der Waals surface area contributed by atoms with E-state index in [1.165, 1.54) is 26.0 Å². The predicted octanol–water partition coefficient (Wildman–Crippen LogP) is 3.63. The van der Waals surface area contributed by atoms with Gasteiger partial charge in [-0.05, 0) is 68.8 Å². The molecule has 2 aromatic rings. The van der Waals surface area contributed by atoms with Crippen molar-refractivity contribution in [1.82, 2.24) is 5.32 Å². The van der Waals surface area contributed by atoms with Crippen molar-refractivity contribution in [2.45, 2.75) is 32.4 Å². The summed E-state index contributed by atoms with van der Waals surface area (Å²) in [5, 5.41) is 12.4. The minimum absolute atomic E-state index is 0.281. The lowest BCUT2D eigenvalue weighted by atomic mass is 10.1. The van der Waals surface area contributed by atoms with Gasteiger partial charge in [0.25, 0.3) is 0 Å². The Morgan fingerprint density at radius 3 is 2.58 bits per heavy atom. The first-order chi connectivity index (χ1) is 12.4. The molecular weight excluding hydrogens is 337 g/mol. The van der Waals surface area contributed by atoms with Crippen molar-refractivity contribution < 1.29 is 23.8 Å². The number of benzene rings is 2. The van der Waals surface area contributed by atoms with E-state index in [2.05, 4.69) is 5.32 Å². The fraction of sp³-hybridized carbons (Fsp3) is 0.350. The zero-order valence-electron chi connectivity index (χ0n) is 15.0. The molecule has 0 aliphatic carbocycles. The molecular formula is C20H24FNO4. The molecule has 0 amide bonds. The van der Waals surface area contributed by atoms with Crippen molar-refractivity contribution in [3.8, 4) is 11.5 Å². The number of halogens is 1. The molecule has 5 nitrogen and oxygen atoms in total. The van der Waals surface area contributed by atoms with Crippen LogP contribution in [0, 0.1) is 5.82 Å². The number of carbonyl (C=O) groups is 1. The molecule has 0 aliphatic rings. The quantitative estimate of drug-likeness (QED) is 0.633. The fourth-order valence-corrected chi connectivity index (χ4v) is 2.21. The van der Waals surface area contributed by atoms with Gasteiger partial charge in [0.05, 0.1) is 6.61 Å². The van der Waals surface area contributed by atoms with Crippen molar-refractivity contribution in [2.24, 2.45) is 0 Å². The van der Waals surface area contributed by atoms with E-state index in [1.807, 2.05) is 18.2 Å². The summed E-state index contributed by atoms with van der Waals surface area (Å²) in [6, 6.07) is 13.3. The standard InChI is InChI=1S/C20H24FNO4/c1-20(2,19(23)24)26-18-6-3-5-15(13-18)14-22-11-4-12-25-17-9-7-16(21)8-10-17/h3,5-10,13,22H,4,11-12,14H2,1-2H3,(H,23,24). The number of nitrogens with one attached hydrogen (secondary N) is 1. The molecule has 26 heavy (non-hydrogen) atoms. The second-order valence-electron chi connectivity index (χ2n) is 6.40. The molecule has 0 radical (unpaired) electrons. The van der Waals surface area contributed by atoms with Gasteiger partial charge in [0.15, 0.2) is 5.60 Å². The van der Waals surface area contributed by atoms with E-state index in [-0.39, 0.29) is 5.82 Å². The Bertz CT molecular complexity index is 716. The van der Waals surface area contributed by atoms with Gasteiger partial charge < -0.3 is 19.9 Å². The van der Waals surface area contributed by atoms with Gasteiger partial charge in [-0.25, -0.2) is 9.18 Å². The van der Waals surface area contributed by atoms with Gasteiger partial charge in [-0.15, -0.1) is 0 Å². The van der Waals surface area contributed by atoms with E-state index in [0.717, 1.165) is 18.5 Å². The van der Waals surface area contributed by atoms with Crippen LogP contribution in [-0.4, -0.2) is 29.8 Å². The van der Waals surface area contributed by atoms with E-state index >= 15 is 0 Å². The second kappa shape index (κ2) is 9.20. The molecule has 140 valence electrons. The highest BCUT2D eigenvalue weighted by atomic mass is 19.1. The first-order valence-corrected chi connectivity index (χ1v) is 8.47. The second-order valence-corrected chi connectivity index (χ2v) is 6.40. The number of rotatable bonds is 10. The molecule has 0 atom stereocenters. The van der Waals surface area contributed by atoms with Crippen molar-refractivity contribution in [3.05, 3.63) is 59.9 Å². The number of carboxylic acid groups (broad SMARTS) is 1. The third kappa shape index (κ3) is 6.37. The average Bonchev–Trinajstić information content (AvgIpc) is 2.59. The molecule has 0 fully saturated rings. The first kappa shape index (κ1) is 19.7. The fourth-order valence-electron chi connectivity index (χ4n) is 2.21. The van der Waals surface area contributed by atoms with Crippen molar-refractivity contribution in [3.63, 3.8) is 0 Å². The average molecular weight is 361 g/mol. The zero-order chi connectivity index (χ0) is 19.0. The van der Waals surface area contributed by atoms with Crippen molar-refractivity contribution >= 4 is 5.97 Å². The van der Waals surface area contributed by atoms with E-state index in [4.69, 9.17) is 14.6 Å². The van der Waals surface area contributed by atoms with Crippen LogP contribution < -0.4 is 14.8 Å². The molecule has 0 heterocycles. The number of ether oxygens (including phenoxy) is 2. The van der Waals surface area contributed by atoms with Crippen LogP contribution in [0.2, 0.25) is 0 Å². The Balaban J connectivity index is 1.70. The van der Waals surface area contributed by atoms with Gasteiger partial charge in [0.1, 0.15) is 17.3 Å². The van der Waals surface area contributed by atoms with Crippen LogP contribution in [0.1, 0.15) is 25.8 Å². The molecule has 2 N–H and O–H groups in total. The van der Waals surface area contributed by atoms with Crippen LogP contribution in [0.4, 0.5) is 4.39 Å². The van der Waals surface area contributed by atoms with Gasteiger partial charge in [-0.2, -0.15) is 0 Å². The van der Waals surface area contributed by atoms with Gasteiger partial charge in [0.2, 0.25) is 0 Å². The SMILES string of the molecule is CC(C)(Oc1cccc(CNCCCOc2ccc(F)cc2)c1)C(=O)O. The number of hydrogen-bond acceptors (Lipinski definition) is 4. The molecule has 0 bridgehead atoms. The molecule has 0 unspecified atom stereocenters. The van der Waals surface area contributed by atoms with Gasteiger partial charge in [-0.1, -0.05) is 12.1 Å². The summed E-state index contributed by atoms with van der Waals surface area (Å²) in [5.74, 6) is -0.118. The summed E-state index contributed by atoms with van der Waals surface area (Å²) in [4.78, 5) is 11.1. The zero-order valence-corrected chi connectivity index (χ0v) is 15.0. The third-order valence-electron chi connectivity index (χ3n) is 3.70. The lowest BCUT2D eigenvalue weighted by molar-refractivity contribution is -0.152. The minimum atomic E-state index is -1.27. The van der Waals surface area contributed by atoms with Gasteiger partial charge in [-0.3, -0.25) is 0 Å². The number of carboxylic acids is 1. The van der Waals surface area contributed by atoms with Crippen LogP contribution in [0.5, 0.6) is 11.5 Å². The molecule has 0 spiro atoms. The molecule has 2 aromatic carbocycles. The Morgan fingerprint density at radius 2 is 1.88 bits per heavy atom. The maximum atomic E-state index is 12.8. The van der Waals surface area contributed by atoms with E-state index < -0.39 is 11.6 Å². The number of aliphatic carboxylic acids is 1. The summed E-state index contributed by atoms with van der Waals surface area (Å²) in [7, 11) is 0. The maximum absolute atomic E-state index is 12.8. The smallest absolute Gasteiger partial charge is 0.347 e. The summed E-state index contributed by atoms with van der Waals surface area (Å²) >= 11 is 0. The number of hydrogen-bond donors (Lipinski definition) is 2. The summed E-state index contributed by atoms with van der Waals surface area (Å²) < 4.78 is 23.9. The van der Waals surface area contributed by atoms with E-state index in [9.17, 15) is 9.18 Å². The Morgan fingerprint density at radius 1 is 1.15 bits per heavy atom. The largest absolute Gasteiger partial charge is 0.494 e. The third-order valence-corrected chi connectivity index (χ3v) is 3.70. The van der Waals surface area contributed by atoms with Crippen LogP contribution in [0.25, 0.3) is 0 Å². The molecule has 6 heteroatoms. The highest BCUT2D eigenvalue weighted by Gasteiger charge is 2.29. The summed E-state index contributed by atoms with van der Waals surface area (Å²) in [5.41, 5.74) is -0.271. The van der Waals surface area contributed by atoms with E-state index in [0.29, 0.717) is 24.7 Å². The Hall–Kier alpha value is -2.60. The van der Waals surface area contributed by atoms with Crippen molar-refractivity contribution in [2.75, 3.05) is 13.2 Å². The van der Waals surface area contributed by atoms with Gasteiger partial charge in [0, 0.05) is 6.54 Å². The highest BCUT2D eigenvalue weighted by molar-refractivity contribution is 5.76. The first-order valence-electron chi connectivity index (χ1n) is 8.47. The van der Waals surface area contributed by atoms with Crippen molar-refractivity contribution in [1.29, 1.82) is 0 Å². The minimum Gasteiger partial charge on any atom is -0.494 e. The normalized spacial score (nSPS) is 11.2. The van der Waals surface area contributed by atoms with E-state index in [1.54, 1.807) is 18.2 Å². The van der Waals surface area contributed by atoms with Crippen LogP contribution in [0.3, 0.4) is 0 Å². The van der Waals surface area contributed by atoms with Crippen LogP contribution >= 0.6 is 0 Å². The lowest BCUT2D eigenvalue weighted by Gasteiger charge is -2.21. The van der Waals surface area contributed by atoms with Gasteiger partial charge >= 0.3 is 5.97 Å². The molecule has 0 aliphatic heterocycles.